The summed E-state index contributed by atoms with van der Waals surface area (Å²) in [5.74, 6) is 2.20. The van der Waals surface area contributed by atoms with Crippen molar-refractivity contribution in [3.63, 3.8) is 0 Å². The van der Waals surface area contributed by atoms with Gasteiger partial charge in [0.25, 0.3) is 0 Å². The molecule has 0 saturated carbocycles. The minimum atomic E-state index is 0.589. The highest BCUT2D eigenvalue weighted by molar-refractivity contribution is 9.10. The fourth-order valence-corrected chi connectivity index (χ4v) is 2.17. The van der Waals surface area contributed by atoms with Gasteiger partial charge in [0.05, 0.1) is 4.47 Å². The van der Waals surface area contributed by atoms with Crippen LogP contribution in [-0.2, 0) is 12.8 Å². The molecule has 1 N–H and O–H groups in total. The van der Waals surface area contributed by atoms with Gasteiger partial charge in [0.15, 0.2) is 0 Å². The van der Waals surface area contributed by atoms with Crippen molar-refractivity contribution in [1.82, 2.24) is 9.97 Å². The molecule has 0 atom stereocenters. The molecule has 16 heavy (non-hydrogen) atoms. The lowest BCUT2D eigenvalue weighted by Gasteiger charge is -2.11. The Bertz CT molecular complexity index is 410. The molecule has 0 aliphatic carbocycles. The Labute approximate surface area is 111 Å². The van der Waals surface area contributed by atoms with E-state index in [2.05, 4.69) is 53.6 Å². The molecule has 2 nitrogen and oxygen atoms in total. The summed E-state index contributed by atoms with van der Waals surface area (Å²) in [6, 6.07) is 0. The summed E-state index contributed by atoms with van der Waals surface area (Å²) >= 11 is 8.77. The highest BCUT2D eigenvalue weighted by Gasteiger charge is 2.09. The molecule has 0 radical (unpaired) electrons. The number of nitrogens with one attached hydrogen (secondary N) is 1. The lowest BCUT2D eigenvalue weighted by atomic mass is 10.1. The zero-order valence-electron chi connectivity index (χ0n) is 10.3. The number of halogens is 1. The summed E-state index contributed by atoms with van der Waals surface area (Å²) in [4.78, 5) is 7.78. The van der Waals surface area contributed by atoms with E-state index in [0.29, 0.717) is 16.5 Å². The fourth-order valence-electron chi connectivity index (χ4n) is 1.59. The van der Waals surface area contributed by atoms with Crippen LogP contribution in [0, 0.1) is 16.5 Å². The number of rotatable bonds is 4. The zero-order chi connectivity index (χ0) is 12.3. The molecule has 4 heteroatoms. The third kappa shape index (κ3) is 3.98. The smallest absolute Gasteiger partial charge is 0.144 e. The van der Waals surface area contributed by atoms with Crippen molar-refractivity contribution in [1.29, 1.82) is 0 Å². The Kier molecular flexibility index (Phi) is 5.12. The zero-order valence-corrected chi connectivity index (χ0v) is 12.7. The molecule has 0 aliphatic rings. The maximum Gasteiger partial charge on any atom is 0.144 e. The number of hydrogen-bond acceptors (Lipinski definition) is 2. The normalized spacial score (nSPS) is 11.4. The Morgan fingerprint density at radius 3 is 2.25 bits per heavy atom. The van der Waals surface area contributed by atoms with E-state index in [-0.39, 0.29) is 0 Å². The second-order valence-corrected chi connectivity index (χ2v) is 6.16. The molecule has 0 fully saturated rings. The van der Waals surface area contributed by atoms with E-state index in [1.807, 2.05) is 0 Å². The van der Waals surface area contributed by atoms with Crippen molar-refractivity contribution in [2.75, 3.05) is 0 Å². The number of nitrogens with zero attached hydrogens (tertiary/aromatic N) is 1. The minimum absolute atomic E-state index is 0.589. The number of aromatic nitrogens is 2. The van der Waals surface area contributed by atoms with Crippen LogP contribution < -0.4 is 0 Å². The van der Waals surface area contributed by atoms with E-state index < -0.39 is 0 Å². The standard InChI is InChI=1S/C12H19BrN2S/c1-7(2)5-9-11(13)12(16)15-10(14-9)6-8(3)4/h7-8H,5-6H2,1-4H3,(H,14,15,16). The quantitative estimate of drug-likeness (QED) is 0.840. The topological polar surface area (TPSA) is 28.7 Å². The van der Waals surface area contributed by atoms with Gasteiger partial charge < -0.3 is 4.98 Å². The summed E-state index contributed by atoms with van der Waals surface area (Å²) < 4.78 is 1.62. The van der Waals surface area contributed by atoms with Gasteiger partial charge in [-0.25, -0.2) is 4.98 Å². The average molecular weight is 303 g/mol. The van der Waals surface area contributed by atoms with Gasteiger partial charge in [-0.3, -0.25) is 0 Å². The lowest BCUT2D eigenvalue weighted by Crippen LogP contribution is -2.07. The average Bonchev–Trinajstić information content (AvgIpc) is 2.11. The molecule has 0 saturated heterocycles. The van der Waals surface area contributed by atoms with Crippen LogP contribution in [0.25, 0.3) is 0 Å². The van der Waals surface area contributed by atoms with Crippen molar-refractivity contribution in [2.45, 2.75) is 40.5 Å². The molecule has 0 aromatic carbocycles. The van der Waals surface area contributed by atoms with Gasteiger partial charge in [0.2, 0.25) is 0 Å². The first kappa shape index (κ1) is 13.8. The third-order valence-electron chi connectivity index (χ3n) is 2.20. The highest BCUT2D eigenvalue weighted by Crippen LogP contribution is 2.19. The largest absolute Gasteiger partial charge is 0.346 e. The van der Waals surface area contributed by atoms with Crippen LogP contribution in [0.1, 0.15) is 39.2 Å². The highest BCUT2D eigenvalue weighted by atomic mass is 79.9. The molecule has 1 rings (SSSR count). The van der Waals surface area contributed by atoms with E-state index >= 15 is 0 Å². The van der Waals surface area contributed by atoms with Gasteiger partial charge in [-0.2, -0.15) is 0 Å². The van der Waals surface area contributed by atoms with Crippen LogP contribution in [0.3, 0.4) is 0 Å². The van der Waals surface area contributed by atoms with E-state index in [1.165, 1.54) is 5.69 Å². The Balaban J connectivity index is 3.07. The van der Waals surface area contributed by atoms with Crippen LogP contribution in [0.5, 0.6) is 0 Å². The van der Waals surface area contributed by atoms with E-state index in [0.717, 1.165) is 23.1 Å². The summed E-state index contributed by atoms with van der Waals surface area (Å²) in [7, 11) is 0. The molecular formula is C12H19BrN2S. The summed E-state index contributed by atoms with van der Waals surface area (Å²) in [5, 5.41) is 0. The Morgan fingerprint density at radius 2 is 1.75 bits per heavy atom. The van der Waals surface area contributed by atoms with Crippen LogP contribution >= 0.6 is 28.1 Å². The molecule has 0 aliphatic heterocycles. The molecule has 90 valence electrons. The van der Waals surface area contributed by atoms with Crippen molar-refractivity contribution in [2.24, 2.45) is 11.8 Å². The molecule has 0 spiro atoms. The Hall–Kier alpha value is -0.220. The predicted octanol–water partition coefficient (Wildman–Crippen LogP) is 4.30. The van der Waals surface area contributed by atoms with Gasteiger partial charge in [0, 0.05) is 12.1 Å². The van der Waals surface area contributed by atoms with E-state index in [1.54, 1.807) is 0 Å². The van der Waals surface area contributed by atoms with Crippen LogP contribution in [-0.4, -0.2) is 9.97 Å². The van der Waals surface area contributed by atoms with Crippen molar-refractivity contribution in [3.05, 3.63) is 20.6 Å². The first-order valence-corrected chi connectivity index (χ1v) is 6.87. The van der Waals surface area contributed by atoms with E-state index in [4.69, 9.17) is 12.2 Å². The number of hydrogen-bond donors (Lipinski definition) is 1. The Morgan fingerprint density at radius 1 is 1.19 bits per heavy atom. The van der Waals surface area contributed by atoms with Gasteiger partial charge in [-0.15, -0.1) is 0 Å². The van der Waals surface area contributed by atoms with Crippen LogP contribution in [0.4, 0.5) is 0 Å². The van der Waals surface area contributed by atoms with Gasteiger partial charge in [-0.1, -0.05) is 39.9 Å². The van der Waals surface area contributed by atoms with Gasteiger partial charge in [-0.05, 0) is 34.2 Å². The minimum Gasteiger partial charge on any atom is -0.346 e. The number of aromatic amines is 1. The second kappa shape index (κ2) is 5.92. The molecule has 0 amide bonds. The molecule has 1 heterocycles. The summed E-state index contributed by atoms with van der Waals surface area (Å²) in [6.45, 7) is 8.77. The summed E-state index contributed by atoms with van der Waals surface area (Å²) in [5.41, 5.74) is 1.17. The molecule has 1 aromatic heterocycles. The van der Waals surface area contributed by atoms with E-state index in [9.17, 15) is 0 Å². The van der Waals surface area contributed by atoms with Crippen LogP contribution in [0.2, 0.25) is 0 Å². The van der Waals surface area contributed by atoms with Crippen molar-refractivity contribution < 1.29 is 0 Å². The predicted molar refractivity (Wildman–Crippen MR) is 74.2 cm³/mol. The third-order valence-corrected chi connectivity index (χ3v) is 3.61. The number of H-pyrrole nitrogens is 1. The lowest BCUT2D eigenvalue weighted by molar-refractivity contribution is 0.598. The molecule has 0 bridgehead atoms. The van der Waals surface area contributed by atoms with Gasteiger partial charge >= 0.3 is 0 Å². The van der Waals surface area contributed by atoms with Crippen molar-refractivity contribution >= 4 is 28.1 Å². The molecule has 0 unspecified atom stereocenters. The second-order valence-electron chi connectivity index (χ2n) is 4.98. The monoisotopic (exact) mass is 302 g/mol. The first-order chi connectivity index (χ1) is 7.40. The first-order valence-electron chi connectivity index (χ1n) is 5.67. The van der Waals surface area contributed by atoms with Crippen molar-refractivity contribution in [3.8, 4) is 0 Å². The maximum atomic E-state index is 5.26. The SMILES string of the molecule is CC(C)Cc1nc(=S)c(Br)c(CC(C)C)[nH]1. The molecule has 1 aromatic rings. The fraction of sp³-hybridized carbons (Fsp3) is 0.667. The maximum absolute atomic E-state index is 5.26. The summed E-state index contributed by atoms with van der Waals surface area (Å²) in [6.07, 6.45) is 1.94. The van der Waals surface area contributed by atoms with Crippen LogP contribution in [0.15, 0.2) is 4.47 Å². The molecular weight excluding hydrogens is 284 g/mol. The van der Waals surface area contributed by atoms with Gasteiger partial charge in [0.1, 0.15) is 10.5 Å².